The Bertz CT molecular complexity index is 628. The average Bonchev–Trinajstić information content (AvgIpc) is 3.07. The third-order valence-corrected chi connectivity index (χ3v) is 5.61. The van der Waals surface area contributed by atoms with Crippen molar-refractivity contribution in [2.75, 3.05) is 26.2 Å². The van der Waals surface area contributed by atoms with Crippen molar-refractivity contribution in [3.05, 3.63) is 48.6 Å². The van der Waals surface area contributed by atoms with Gasteiger partial charge in [-0.1, -0.05) is 36.4 Å². The highest BCUT2D eigenvalue weighted by Crippen LogP contribution is 2.40. The average molecular weight is 340 g/mol. The second-order valence-electron chi connectivity index (χ2n) is 7.30. The molecule has 1 spiro atoms. The number of hydrogen-bond donors (Lipinski definition) is 0. The van der Waals surface area contributed by atoms with Crippen molar-refractivity contribution in [1.82, 2.24) is 9.80 Å². The summed E-state index contributed by atoms with van der Waals surface area (Å²) in [4.78, 5) is 29.3. The van der Waals surface area contributed by atoms with E-state index in [2.05, 4.69) is 18.7 Å². The van der Waals surface area contributed by atoms with Gasteiger partial charge in [0.15, 0.2) is 0 Å². The number of benzene rings is 1. The Morgan fingerprint density at radius 1 is 1.20 bits per heavy atom. The number of nitrogens with zero attached hydrogens (tertiary/aromatic N) is 2. The van der Waals surface area contributed by atoms with Crippen molar-refractivity contribution in [2.45, 2.75) is 38.5 Å². The van der Waals surface area contributed by atoms with Crippen LogP contribution in [0.4, 0.5) is 0 Å². The molecule has 1 aromatic rings. The molecule has 2 fully saturated rings. The summed E-state index contributed by atoms with van der Waals surface area (Å²) in [5.74, 6) is 0.416. The lowest BCUT2D eigenvalue weighted by Crippen LogP contribution is -2.50. The van der Waals surface area contributed by atoms with Gasteiger partial charge >= 0.3 is 0 Å². The fourth-order valence-electron chi connectivity index (χ4n) is 4.12. The maximum atomic E-state index is 13.1. The summed E-state index contributed by atoms with van der Waals surface area (Å²) in [5, 5.41) is 0. The summed E-state index contributed by atoms with van der Waals surface area (Å²) in [6, 6.07) is 10.3. The molecule has 2 saturated heterocycles. The van der Waals surface area contributed by atoms with E-state index in [1.54, 1.807) is 6.08 Å². The molecule has 1 atom stereocenters. The second kappa shape index (κ2) is 7.85. The normalized spacial score (nSPS) is 23.3. The van der Waals surface area contributed by atoms with Crippen molar-refractivity contribution in [3.63, 3.8) is 0 Å². The van der Waals surface area contributed by atoms with Crippen LogP contribution in [0.3, 0.4) is 0 Å². The van der Waals surface area contributed by atoms with Crippen LogP contribution >= 0.6 is 0 Å². The monoisotopic (exact) mass is 340 g/mol. The Hall–Kier alpha value is -2.10. The molecule has 3 rings (SSSR count). The fraction of sp³-hybridized carbons (Fsp3) is 0.524. The zero-order chi connectivity index (χ0) is 17.7. The van der Waals surface area contributed by atoms with E-state index in [9.17, 15) is 9.59 Å². The summed E-state index contributed by atoms with van der Waals surface area (Å²) < 4.78 is 0. The molecule has 2 aliphatic heterocycles. The minimum Gasteiger partial charge on any atom is -0.342 e. The Balaban J connectivity index is 1.60. The first kappa shape index (κ1) is 17.7. The minimum absolute atomic E-state index is 0.158. The van der Waals surface area contributed by atoms with Crippen LogP contribution in [0.5, 0.6) is 0 Å². The summed E-state index contributed by atoms with van der Waals surface area (Å²) in [7, 11) is 0. The van der Waals surface area contributed by atoms with Crippen molar-refractivity contribution in [1.29, 1.82) is 0 Å². The van der Waals surface area contributed by atoms with Crippen LogP contribution in [-0.2, 0) is 16.0 Å². The zero-order valence-corrected chi connectivity index (χ0v) is 15.0. The summed E-state index contributed by atoms with van der Waals surface area (Å²) >= 11 is 0. The smallest absolute Gasteiger partial charge is 0.230 e. The molecular formula is C21H28N2O2. The van der Waals surface area contributed by atoms with E-state index in [0.717, 1.165) is 38.8 Å². The highest BCUT2D eigenvalue weighted by atomic mass is 16.2. The molecule has 0 bridgehead atoms. The van der Waals surface area contributed by atoms with Gasteiger partial charge in [-0.3, -0.25) is 9.59 Å². The largest absolute Gasteiger partial charge is 0.342 e. The lowest BCUT2D eigenvalue weighted by Gasteiger charge is -2.39. The van der Waals surface area contributed by atoms with E-state index in [-0.39, 0.29) is 17.2 Å². The van der Waals surface area contributed by atoms with Gasteiger partial charge in [0.1, 0.15) is 0 Å². The molecule has 0 radical (unpaired) electrons. The SMILES string of the molecule is C=CCCC(=O)N1CCC2(CCCN(CCc3ccccc3)C2=O)C1. The molecule has 134 valence electrons. The number of carbonyl (C=O) groups excluding carboxylic acids is 2. The molecule has 2 heterocycles. The van der Waals surface area contributed by atoms with Gasteiger partial charge in [0.05, 0.1) is 5.41 Å². The molecular weight excluding hydrogens is 312 g/mol. The van der Waals surface area contributed by atoms with Gasteiger partial charge in [0.2, 0.25) is 11.8 Å². The van der Waals surface area contributed by atoms with Crippen LogP contribution in [0.15, 0.2) is 43.0 Å². The molecule has 0 aromatic heterocycles. The maximum Gasteiger partial charge on any atom is 0.230 e. The molecule has 1 aromatic carbocycles. The van der Waals surface area contributed by atoms with E-state index in [1.165, 1.54) is 5.56 Å². The van der Waals surface area contributed by atoms with E-state index < -0.39 is 0 Å². The quantitative estimate of drug-likeness (QED) is 0.747. The first-order chi connectivity index (χ1) is 12.1. The Morgan fingerprint density at radius 3 is 2.76 bits per heavy atom. The third kappa shape index (κ3) is 3.94. The van der Waals surface area contributed by atoms with E-state index >= 15 is 0 Å². The lowest BCUT2D eigenvalue weighted by atomic mass is 9.78. The van der Waals surface area contributed by atoms with Crippen molar-refractivity contribution < 1.29 is 9.59 Å². The highest BCUT2D eigenvalue weighted by Gasteiger charge is 2.49. The molecule has 25 heavy (non-hydrogen) atoms. The summed E-state index contributed by atoms with van der Waals surface area (Å²) in [6.07, 6.45) is 6.65. The Morgan fingerprint density at radius 2 is 2.00 bits per heavy atom. The Labute approximate surface area is 150 Å². The molecule has 2 aliphatic rings. The number of piperidine rings is 1. The van der Waals surface area contributed by atoms with E-state index in [0.29, 0.717) is 25.9 Å². The van der Waals surface area contributed by atoms with Crippen LogP contribution in [0.2, 0.25) is 0 Å². The van der Waals surface area contributed by atoms with Gasteiger partial charge in [-0.15, -0.1) is 6.58 Å². The molecule has 0 N–H and O–H groups in total. The highest BCUT2D eigenvalue weighted by molar-refractivity contribution is 5.86. The standard InChI is InChI=1S/C21H28N2O2/c1-2-3-10-19(24)23-16-13-21(17-23)12-7-14-22(20(21)25)15-11-18-8-5-4-6-9-18/h2,4-6,8-9H,1,3,7,10-17H2. The van der Waals surface area contributed by atoms with Gasteiger partial charge in [-0.25, -0.2) is 0 Å². The minimum atomic E-state index is -0.335. The van der Waals surface area contributed by atoms with Gasteiger partial charge in [0, 0.05) is 32.6 Å². The number of amides is 2. The molecule has 4 nitrogen and oxygen atoms in total. The number of rotatable bonds is 6. The van der Waals surface area contributed by atoms with Crippen molar-refractivity contribution >= 4 is 11.8 Å². The number of hydrogen-bond acceptors (Lipinski definition) is 2. The molecule has 1 unspecified atom stereocenters. The van der Waals surface area contributed by atoms with E-state index in [1.807, 2.05) is 28.0 Å². The number of allylic oxidation sites excluding steroid dienone is 1. The molecule has 4 heteroatoms. The molecule has 0 saturated carbocycles. The second-order valence-corrected chi connectivity index (χ2v) is 7.30. The summed E-state index contributed by atoms with van der Waals surface area (Å²) in [6.45, 7) is 6.61. The predicted molar refractivity (Wildman–Crippen MR) is 99.0 cm³/mol. The number of carbonyl (C=O) groups is 2. The fourth-order valence-corrected chi connectivity index (χ4v) is 4.12. The topological polar surface area (TPSA) is 40.6 Å². The molecule has 0 aliphatic carbocycles. The lowest BCUT2D eigenvalue weighted by molar-refractivity contribution is -0.146. The first-order valence-corrected chi connectivity index (χ1v) is 9.37. The van der Waals surface area contributed by atoms with Crippen molar-refractivity contribution in [2.24, 2.45) is 5.41 Å². The van der Waals surface area contributed by atoms with Gasteiger partial charge in [-0.05, 0) is 37.7 Å². The van der Waals surface area contributed by atoms with Crippen molar-refractivity contribution in [3.8, 4) is 0 Å². The van der Waals surface area contributed by atoms with Crippen LogP contribution in [0, 0.1) is 5.41 Å². The zero-order valence-electron chi connectivity index (χ0n) is 15.0. The van der Waals surface area contributed by atoms with Gasteiger partial charge in [0.25, 0.3) is 0 Å². The number of likely N-dealkylation sites (tertiary alicyclic amines) is 2. The first-order valence-electron chi connectivity index (χ1n) is 9.37. The Kier molecular flexibility index (Phi) is 5.57. The van der Waals surface area contributed by atoms with Crippen LogP contribution in [-0.4, -0.2) is 47.8 Å². The van der Waals surface area contributed by atoms with E-state index in [4.69, 9.17) is 0 Å². The van der Waals surface area contributed by atoms with Crippen LogP contribution < -0.4 is 0 Å². The predicted octanol–water partition coefficient (Wildman–Crippen LogP) is 3.04. The van der Waals surface area contributed by atoms with Gasteiger partial charge < -0.3 is 9.80 Å². The van der Waals surface area contributed by atoms with Crippen LogP contribution in [0.1, 0.15) is 37.7 Å². The maximum absolute atomic E-state index is 13.1. The van der Waals surface area contributed by atoms with Gasteiger partial charge in [-0.2, -0.15) is 0 Å². The van der Waals surface area contributed by atoms with Crippen LogP contribution in [0.25, 0.3) is 0 Å². The molecule has 2 amide bonds. The third-order valence-electron chi connectivity index (χ3n) is 5.61. The summed E-state index contributed by atoms with van der Waals surface area (Å²) in [5.41, 5.74) is 0.932.